The van der Waals surface area contributed by atoms with Gasteiger partial charge in [-0.1, -0.05) is 12.1 Å². The molecule has 0 saturated heterocycles. The molecule has 0 fully saturated rings. The van der Waals surface area contributed by atoms with Crippen LogP contribution in [0.4, 0.5) is 5.69 Å². The molecule has 6 heteroatoms. The van der Waals surface area contributed by atoms with Crippen LogP contribution in [0.5, 0.6) is 5.75 Å². The molecule has 3 rings (SSSR count). The summed E-state index contributed by atoms with van der Waals surface area (Å²) >= 11 is 0. The van der Waals surface area contributed by atoms with Crippen LogP contribution in [-0.2, 0) is 0 Å². The van der Waals surface area contributed by atoms with Crippen LogP contribution in [0.2, 0.25) is 0 Å². The van der Waals surface area contributed by atoms with E-state index in [-0.39, 0.29) is 5.71 Å². The van der Waals surface area contributed by atoms with Crippen LogP contribution < -0.4 is 10.2 Å². The molecule has 1 heterocycles. The zero-order valence-corrected chi connectivity index (χ0v) is 12.6. The number of aromatic nitrogens is 2. The van der Waals surface area contributed by atoms with Crippen molar-refractivity contribution < 1.29 is 4.74 Å². The van der Waals surface area contributed by atoms with Crippen LogP contribution in [0, 0.1) is 11.3 Å². The number of nitrogens with one attached hydrogen (secondary N) is 2. The van der Waals surface area contributed by atoms with E-state index in [1.807, 2.05) is 55.5 Å². The lowest BCUT2D eigenvalue weighted by molar-refractivity contribution is 0.340. The van der Waals surface area contributed by atoms with Gasteiger partial charge >= 0.3 is 0 Å². The Kier molecular flexibility index (Phi) is 4.20. The Bertz CT molecular complexity index is 841. The maximum atomic E-state index is 9.30. The number of anilines is 1. The highest BCUT2D eigenvalue weighted by Crippen LogP contribution is 2.16. The van der Waals surface area contributed by atoms with Crippen LogP contribution in [0.3, 0.4) is 0 Å². The molecular weight excluding hydrogens is 290 g/mol. The number of benzene rings is 2. The molecule has 2 N–H and O–H groups in total. The van der Waals surface area contributed by atoms with Gasteiger partial charge in [0.25, 0.3) is 0 Å². The van der Waals surface area contributed by atoms with E-state index in [4.69, 9.17) is 4.74 Å². The third kappa shape index (κ3) is 3.30. The number of nitrogens with zero attached hydrogens (tertiary/aromatic N) is 3. The Balaban J connectivity index is 1.80. The Morgan fingerprint density at radius 2 is 2.04 bits per heavy atom. The van der Waals surface area contributed by atoms with Gasteiger partial charge in [0.2, 0.25) is 5.71 Å². The minimum Gasteiger partial charge on any atom is -0.494 e. The quantitative estimate of drug-likeness (QED) is 0.559. The fourth-order valence-electron chi connectivity index (χ4n) is 2.11. The number of rotatable bonds is 5. The molecule has 0 saturated carbocycles. The predicted molar refractivity (Wildman–Crippen MR) is 89.5 cm³/mol. The Morgan fingerprint density at radius 1 is 1.26 bits per heavy atom. The summed E-state index contributed by atoms with van der Waals surface area (Å²) in [7, 11) is 0. The van der Waals surface area contributed by atoms with Crippen molar-refractivity contribution in [1.82, 2.24) is 9.97 Å². The first kappa shape index (κ1) is 14.6. The van der Waals surface area contributed by atoms with E-state index in [9.17, 15) is 5.26 Å². The second-order valence-electron chi connectivity index (χ2n) is 4.74. The second-order valence-corrected chi connectivity index (χ2v) is 4.74. The zero-order chi connectivity index (χ0) is 16.1. The summed E-state index contributed by atoms with van der Waals surface area (Å²) in [4.78, 5) is 7.45. The van der Waals surface area contributed by atoms with Crippen molar-refractivity contribution in [2.75, 3.05) is 12.0 Å². The van der Waals surface area contributed by atoms with Crippen LogP contribution >= 0.6 is 0 Å². The molecule has 0 unspecified atom stereocenters. The predicted octanol–water partition coefficient (Wildman–Crippen LogP) is 3.30. The normalized spacial score (nSPS) is 11.2. The largest absolute Gasteiger partial charge is 0.494 e. The number of H-pyrrole nitrogens is 1. The Morgan fingerprint density at radius 3 is 2.74 bits per heavy atom. The van der Waals surface area contributed by atoms with E-state index < -0.39 is 0 Å². The number of fused-ring (bicyclic) bond motifs is 1. The summed E-state index contributed by atoms with van der Waals surface area (Å²) in [5.74, 6) is 1.23. The standard InChI is InChI=1S/C17H15N5O/c1-2-23-13-9-7-12(8-10-13)21-22-16(11-18)17-19-14-5-3-4-6-15(14)20-17/h3-10,21H,2H2,1H3,(H,19,20)/b22-16+. The lowest BCUT2D eigenvalue weighted by atomic mass is 10.3. The molecule has 0 radical (unpaired) electrons. The van der Waals surface area contributed by atoms with E-state index in [0.29, 0.717) is 12.4 Å². The van der Waals surface area contributed by atoms with Gasteiger partial charge in [0.05, 0.1) is 23.3 Å². The average Bonchev–Trinajstić information content (AvgIpc) is 3.01. The van der Waals surface area contributed by atoms with Gasteiger partial charge in [-0.3, -0.25) is 5.43 Å². The molecule has 0 bridgehead atoms. The molecule has 6 nitrogen and oxygen atoms in total. The molecule has 0 aliphatic heterocycles. The van der Waals surface area contributed by atoms with E-state index in [2.05, 4.69) is 26.6 Å². The lowest BCUT2D eigenvalue weighted by Gasteiger charge is -2.04. The van der Waals surface area contributed by atoms with Crippen LogP contribution in [0.15, 0.2) is 53.6 Å². The fourth-order valence-corrected chi connectivity index (χ4v) is 2.11. The molecule has 114 valence electrons. The van der Waals surface area contributed by atoms with Crippen LogP contribution in [-0.4, -0.2) is 22.3 Å². The van der Waals surface area contributed by atoms with Crippen LogP contribution in [0.25, 0.3) is 11.0 Å². The topological polar surface area (TPSA) is 86.1 Å². The zero-order valence-electron chi connectivity index (χ0n) is 12.6. The first-order valence-electron chi connectivity index (χ1n) is 7.22. The molecule has 0 atom stereocenters. The van der Waals surface area contributed by atoms with Gasteiger partial charge in [0, 0.05) is 0 Å². The highest BCUT2D eigenvalue weighted by Gasteiger charge is 2.08. The summed E-state index contributed by atoms with van der Waals surface area (Å²) in [6.45, 7) is 2.55. The van der Waals surface area contributed by atoms with Gasteiger partial charge in [-0.25, -0.2) is 4.98 Å². The number of ether oxygens (including phenoxy) is 1. The molecule has 2 aromatic carbocycles. The van der Waals surface area contributed by atoms with Gasteiger partial charge < -0.3 is 9.72 Å². The maximum absolute atomic E-state index is 9.30. The van der Waals surface area contributed by atoms with Gasteiger partial charge in [-0.2, -0.15) is 10.4 Å². The number of imidazole rings is 1. The first-order chi connectivity index (χ1) is 11.3. The lowest BCUT2D eigenvalue weighted by Crippen LogP contribution is -2.04. The summed E-state index contributed by atoms with van der Waals surface area (Å²) in [6.07, 6.45) is 0. The number of nitriles is 1. The van der Waals surface area contributed by atoms with Crippen molar-refractivity contribution in [2.45, 2.75) is 6.92 Å². The smallest absolute Gasteiger partial charge is 0.203 e. The summed E-state index contributed by atoms with van der Waals surface area (Å²) in [5.41, 5.74) is 5.47. The van der Waals surface area contributed by atoms with Gasteiger partial charge in [0.1, 0.15) is 11.8 Å². The second kappa shape index (κ2) is 6.62. The molecular formula is C17H15N5O. The van der Waals surface area contributed by atoms with E-state index in [1.54, 1.807) is 0 Å². The first-order valence-corrected chi connectivity index (χ1v) is 7.22. The molecule has 0 aliphatic rings. The Hall–Kier alpha value is -3.33. The molecule has 23 heavy (non-hydrogen) atoms. The number of hydrogen-bond acceptors (Lipinski definition) is 5. The number of hydrazone groups is 1. The summed E-state index contributed by atoms with van der Waals surface area (Å²) < 4.78 is 5.38. The van der Waals surface area contributed by atoms with Crippen molar-refractivity contribution in [3.63, 3.8) is 0 Å². The SMILES string of the molecule is CCOc1ccc(N/N=C(\C#N)c2nc3ccccc3[nH]2)cc1. The molecule has 0 spiro atoms. The number of aromatic amines is 1. The number of hydrogen-bond donors (Lipinski definition) is 2. The monoisotopic (exact) mass is 305 g/mol. The maximum Gasteiger partial charge on any atom is 0.203 e. The van der Waals surface area contributed by atoms with E-state index >= 15 is 0 Å². The highest BCUT2D eigenvalue weighted by atomic mass is 16.5. The van der Waals surface area contributed by atoms with E-state index in [1.165, 1.54) is 0 Å². The van der Waals surface area contributed by atoms with Crippen LogP contribution in [0.1, 0.15) is 12.7 Å². The minimum atomic E-state index is 0.190. The third-order valence-electron chi connectivity index (χ3n) is 3.18. The van der Waals surface area contributed by atoms with Gasteiger partial charge in [-0.05, 0) is 43.3 Å². The third-order valence-corrected chi connectivity index (χ3v) is 3.18. The summed E-state index contributed by atoms with van der Waals surface area (Å²) in [6, 6.07) is 17.0. The minimum absolute atomic E-state index is 0.190. The van der Waals surface area contributed by atoms with E-state index in [0.717, 1.165) is 22.5 Å². The molecule has 0 aliphatic carbocycles. The van der Waals surface area contributed by atoms with Crippen molar-refractivity contribution in [2.24, 2.45) is 5.10 Å². The van der Waals surface area contributed by atoms with Gasteiger partial charge in [0.15, 0.2) is 5.82 Å². The Labute approximate surface area is 133 Å². The van der Waals surface area contributed by atoms with Crippen molar-refractivity contribution in [3.8, 4) is 11.8 Å². The molecule has 1 aromatic heterocycles. The van der Waals surface area contributed by atoms with Crippen molar-refractivity contribution in [1.29, 1.82) is 5.26 Å². The summed E-state index contributed by atoms with van der Waals surface area (Å²) in [5, 5.41) is 13.4. The molecule has 0 amide bonds. The van der Waals surface area contributed by atoms with Crippen molar-refractivity contribution in [3.05, 3.63) is 54.4 Å². The molecule has 3 aromatic rings. The highest BCUT2D eigenvalue weighted by molar-refractivity contribution is 6.10. The fraction of sp³-hybridized carbons (Fsp3) is 0.118. The average molecular weight is 305 g/mol. The van der Waals surface area contributed by atoms with Crippen molar-refractivity contribution >= 4 is 22.4 Å². The van der Waals surface area contributed by atoms with Gasteiger partial charge in [-0.15, -0.1) is 0 Å². The number of para-hydroxylation sites is 2.